The van der Waals surface area contributed by atoms with Crippen molar-refractivity contribution in [1.82, 2.24) is 4.98 Å². The predicted molar refractivity (Wildman–Crippen MR) is 72.0 cm³/mol. The Kier molecular flexibility index (Phi) is 3.83. The van der Waals surface area contributed by atoms with Crippen molar-refractivity contribution in [2.45, 2.75) is 18.4 Å². The van der Waals surface area contributed by atoms with Crippen molar-refractivity contribution in [2.24, 2.45) is 5.14 Å². The molecule has 8 heteroatoms. The summed E-state index contributed by atoms with van der Waals surface area (Å²) in [7, 11) is -3.88. The summed E-state index contributed by atoms with van der Waals surface area (Å²) in [5.41, 5.74) is 1.01. The summed E-state index contributed by atoms with van der Waals surface area (Å²) in [6.07, 6.45) is 0. The van der Waals surface area contributed by atoms with Crippen LogP contribution < -0.4 is 10.5 Å². The number of aromatic nitrogens is 1. The molecule has 1 aromatic heterocycles. The van der Waals surface area contributed by atoms with E-state index in [2.05, 4.69) is 10.3 Å². The Labute approximate surface area is 114 Å². The second kappa shape index (κ2) is 5.24. The zero-order valence-corrected chi connectivity index (χ0v) is 11.7. The van der Waals surface area contributed by atoms with Crippen molar-refractivity contribution in [3.8, 4) is 0 Å². The first-order valence-corrected chi connectivity index (χ1v) is 7.76. The van der Waals surface area contributed by atoms with Gasteiger partial charge in [0.05, 0.1) is 27.8 Å². The number of halogens is 1. The Morgan fingerprint density at radius 2 is 2.21 bits per heavy atom. The number of hydrogen-bond acceptors (Lipinski definition) is 5. The second-order valence-corrected chi connectivity index (χ2v) is 6.52. The average molecular weight is 301 g/mol. The van der Waals surface area contributed by atoms with Gasteiger partial charge in [-0.3, -0.25) is 0 Å². The lowest BCUT2D eigenvalue weighted by molar-refractivity contribution is 0.593. The Morgan fingerprint density at radius 1 is 1.47 bits per heavy atom. The fourth-order valence-electron chi connectivity index (χ4n) is 1.49. The summed E-state index contributed by atoms with van der Waals surface area (Å²) >= 11 is 1.51. The third-order valence-electron chi connectivity index (χ3n) is 2.40. The number of aryl methyl sites for hydroxylation is 1. The molecule has 0 unspecified atom stereocenters. The van der Waals surface area contributed by atoms with E-state index in [-0.39, 0.29) is 10.6 Å². The normalized spacial score (nSPS) is 11.5. The zero-order chi connectivity index (χ0) is 14.0. The maximum absolute atomic E-state index is 13.7. The van der Waals surface area contributed by atoms with Crippen LogP contribution in [0.2, 0.25) is 0 Å². The minimum absolute atomic E-state index is 0.207. The largest absolute Gasteiger partial charge is 0.377 e. The maximum atomic E-state index is 13.7. The SMILES string of the molecule is Cc1nc(CNc2ccc(S(N)(=O)=O)cc2F)cs1. The Morgan fingerprint density at radius 3 is 2.74 bits per heavy atom. The van der Waals surface area contributed by atoms with E-state index >= 15 is 0 Å². The van der Waals surface area contributed by atoms with Gasteiger partial charge in [0.25, 0.3) is 0 Å². The highest BCUT2D eigenvalue weighted by Crippen LogP contribution is 2.19. The molecule has 1 heterocycles. The lowest BCUT2D eigenvalue weighted by atomic mass is 10.3. The third kappa shape index (κ3) is 3.49. The molecule has 2 rings (SSSR count). The highest BCUT2D eigenvalue weighted by atomic mass is 32.2. The summed E-state index contributed by atoms with van der Waals surface area (Å²) in [5, 5.41) is 10.6. The van der Waals surface area contributed by atoms with Crippen LogP contribution in [-0.2, 0) is 16.6 Å². The highest BCUT2D eigenvalue weighted by molar-refractivity contribution is 7.89. The molecule has 0 saturated carbocycles. The zero-order valence-electron chi connectivity index (χ0n) is 10.1. The van der Waals surface area contributed by atoms with Gasteiger partial charge in [-0.05, 0) is 25.1 Å². The molecule has 0 fully saturated rings. The van der Waals surface area contributed by atoms with Crippen molar-refractivity contribution < 1.29 is 12.8 Å². The number of nitrogens with one attached hydrogen (secondary N) is 1. The van der Waals surface area contributed by atoms with Crippen LogP contribution in [0.5, 0.6) is 0 Å². The van der Waals surface area contributed by atoms with Gasteiger partial charge in [-0.2, -0.15) is 0 Å². The quantitative estimate of drug-likeness (QED) is 0.902. The Balaban J connectivity index is 2.14. The maximum Gasteiger partial charge on any atom is 0.238 e. The van der Waals surface area contributed by atoms with Gasteiger partial charge in [-0.25, -0.2) is 22.9 Å². The van der Waals surface area contributed by atoms with Crippen LogP contribution in [0, 0.1) is 12.7 Å². The summed E-state index contributed by atoms with van der Waals surface area (Å²) in [4.78, 5) is 3.98. The van der Waals surface area contributed by atoms with Crippen LogP contribution in [0.1, 0.15) is 10.7 Å². The van der Waals surface area contributed by atoms with Gasteiger partial charge in [-0.15, -0.1) is 11.3 Å². The molecule has 5 nitrogen and oxygen atoms in total. The number of sulfonamides is 1. The van der Waals surface area contributed by atoms with Crippen molar-refractivity contribution in [3.63, 3.8) is 0 Å². The number of primary sulfonamides is 1. The molecule has 102 valence electrons. The van der Waals surface area contributed by atoms with E-state index in [0.29, 0.717) is 6.54 Å². The number of rotatable bonds is 4. The monoisotopic (exact) mass is 301 g/mol. The minimum Gasteiger partial charge on any atom is -0.377 e. The third-order valence-corrected chi connectivity index (χ3v) is 4.13. The Hall–Kier alpha value is -1.51. The van der Waals surface area contributed by atoms with E-state index in [1.54, 1.807) is 0 Å². The summed E-state index contributed by atoms with van der Waals surface area (Å²) in [5.74, 6) is -0.668. The summed E-state index contributed by atoms with van der Waals surface area (Å²) in [6, 6.07) is 3.49. The molecule has 0 aliphatic carbocycles. The van der Waals surface area contributed by atoms with Gasteiger partial charge in [0.1, 0.15) is 5.82 Å². The fourth-order valence-corrected chi connectivity index (χ4v) is 2.63. The fraction of sp³-hybridized carbons (Fsp3) is 0.182. The number of anilines is 1. The molecule has 0 atom stereocenters. The number of benzene rings is 1. The van der Waals surface area contributed by atoms with Crippen LogP contribution in [0.25, 0.3) is 0 Å². The van der Waals surface area contributed by atoms with E-state index in [0.717, 1.165) is 16.8 Å². The number of nitrogens with zero attached hydrogens (tertiary/aromatic N) is 1. The molecule has 0 bridgehead atoms. The topological polar surface area (TPSA) is 85.1 Å². The van der Waals surface area contributed by atoms with Crippen LogP contribution >= 0.6 is 11.3 Å². The summed E-state index contributed by atoms with van der Waals surface area (Å²) in [6.45, 7) is 2.26. The predicted octanol–water partition coefficient (Wildman–Crippen LogP) is 1.85. The molecule has 0 saturated heterocycles. The molecular formula is C11H12FN3O2S2. The molecule has 0 spiro atoms. The van der Waals surface area contributed by atoms with Crippen LogP contribution in [0.4, 0.5) is 10.1 Å². The van der Waals surface area contributed by atoms with E-state index in [1.807, 2.05) is 12.3 Å². The van der Waals surface area contributed by atoms with E-state index in [9.17, 15) is 12.8 Å². The number of nitrogens with two attached hydrogens (primary N) is 1. The molecular weight excluding hydrogens is 289 g/mol. The first-order valence-electron chi connectivity index (χ1n) is 5.33. The smallest absolute Gasteiger partial charge is 0.238 e. The molecule has 1 aromatic carbocycles. The van der Waals surface area contributed by atoms with Gasteiger partial charge < -0.3 is 5.32 Å². The van der Waals surface area contributed by atoms with Crippen molar-refractivity contribution in [1.29, 1.82) is 0 Å². The average Bonchev–Trinajstić information content (AvgIpc) is 2.72. The van der Waals surface area contributed by atoms with Gasteiger partial charge in [0.15, 0.2) is 0 Å². The lowest BCUT2D eigenvalue weighted by Crippen LogP contribution is -2.12. The van der Waals surface area contributed by atoms with Crippen molar-refractivity contribution in [3.05, 3.63) is 40.1 Å². The van der Waals surface area contributed by atoms with Crippen LogP contribution in [0.15, 0.2) is 28.5 Å². The minimum atomic E-state index is -3.88. The first-order chi connectivity index (χ1) is 8.86. The molecule has 0 amide bonds. The van der Waals surface area contributed by atoms with Crippen molar-refractivity contribution >= 4 is 27.0 Å². The second-order valence-electron chi connectivity index (χ2n) is 3.90. The Bertz CT molecular complexity index is 698. The van der Waals surface area contributed by atoms with Gasteiger partial charge in [0, 0.05) is 5.38 Å². The van der Waals surface area contributed by atoms with Gasteiger partial charge in [0.2, 0.25) is 10.0 Å². The van der Waals surface area contributed by atoms with Crippen LogP contribution in [-0.4, -0.2) is 13.4 Å². The lowest BCUT2D eigenvalue weighted by Gasteiger charge is -2.07. The van der Waals surface area contributed by atoms with Crippen LogP contribution in [0.3, 0.4) is 0 Å². The van der Waals surface area contributed by atoms with E-state index in [1.165, 1.54) is 23.5 Å². The molecule has 0 radical (unpaired) electrons. The molecule has 0 aliphatic rings. The van der Waals surface area contributed by atoms with Crippen molar-refractivity contribution in [2.75, 3.05) is 5.32 Å². The molecule has 3 N–H and O–H groups in total. The first kappa shape index (κ1) is 13.9. The molecule has 19 heavy (non-hydrogen) atoms. The molecule has 0 aliphatic heterocycles. The number of hydrogen-bond donors (Lipinski definition) is 2. The number of thiazole rings is 1. The molecule has 2 aromatic rings. The summed E-state index contributed by atoms with van der Waals surface area (Å²) < 4.78 is 35.8. The van der Waals surface area contributed by atoms with Gasteiger partial charge in [-0.1, -0.05) is 0 Å². The van der Waals surface area contributed by atoms with Gasteiger partial charge >= 0.3 is 0 Å². The van der Waals surface area contributed by atoms with E-state index < -0.39 is 15.8 Å². The van der Waals surface area contributed by atoms with E-state index in [4.69, 9.17) is 5.14 Å². The highest BCUT2D eigenvalue weighted by Gasteiger charge is 2.11. The standard InChI is InChI=1S/C11H12FN3O2S2/c1-7-15-8(6-18-7)5-14-11-3-2-9(4-10(11)12)19(13,16)17/h2-4,6,14H,5H2,1H3,(H2,13,16,17).